The molecule has 2 N–H and O–H groups in total. The number of sulfonamides is 1. The van der Waals surface area contributed by atoms with Crippen LogP contribution in [0.1, 0.15) is 39.0 Å². The van der Waals surface area contributed by atoms with Crippen LogP contribution >= 0.6 is 0 Å². The van der Waals surface area contributed by atoms with Crippen LogP contribution in [0.15, 0.2) is 0 Å². The number of hydrogen-bond acceptors (Lipinski definition) is 4. The van der Waals surface area contributed by atoms with Gasteiger partial charge >= 0.3 is 0 Å². The quantitative estimate of drug-likeness (QED) is 0.770. The molecule has 2 rings (SSSR count). The summed E-state index contributed by atoms with van der Waals surface area (Å²) in [5.74, 6) is 0.291. The van der Waals surface area contributed by atoms with Gasteiger partial charge in [0.25, 0.3) is 0 Å². The van der Waals surface area contributed by atoms with Gasteiger partial charge in [-0.25, -0.2) is 13.1 Å². The van der Waals surface area contributed by atoms with Crippen molar-refractivity contribution in [2.45, 2.75) is 51.1 Å². The molecule has 2 fully saturated rings. The van der Waals surface area contributed by atoms with Gasteiger partial charge in [0.15, 0.2) is 0 Å². The summed E-state index contributed by atoms with van der Waals surface area (Å²) in [5, 5.41) is 3.27. The zero-order valence-corrected chi connectivity index (χ0v) is 12.9. The van der Waals surface area contributed by atoms with Crippen LogP contribution in [0, 0.1) is 0 Å². The number of carbonyl (C=O) groups is 1. The SMILES string of the molecule is CCS(=O)(=O)NC1CCN(C(=O)[C@@H]2CCCCN2)CC1. The highest BCUT2D eigenvalue weighted by molar-refractivity contribution is 7.89. The lowest BCUT2D eigenvalue weighted by Gasteiger charge is -2.35. The fourth-order valence-electron chi connectivity index (χ4n) is 2.84. The van der Waals surface area contributed by atoms with E-state index >= 15 is 0 Å². The highest BCUT2D eigenvalue weighted by Crippen LogP contribution is 2.15. The van der Waals surface area contributed by atoms with E-state index in [2.05, 4.69) is 10.0 Å². The first-order valence-electron chi connectivity index (χ1n) is 7.54. The zero-order chi connectivity index (χ0) is 14.6. The van der Waals surface area contributed by atoms with Crippen LogP contribution in [-0.2, 0) is 14.8 Å². The fourth-order valence-corrected chi connectivity index (χ4v) is 3.75. The molecule has 0 aliphatic carbocycles. The Hall–Kier alpha value is -0.660. The molecule has 0 bridgehead atoms. The number of nitrogens with one attached hydrogen (secondary N) is 2. The number of amides is 1. The third-order valence-electron chi connectivity index (χ3n) is 4.14. The van der Waals surface area contributed by atoms with Crippen molar-refractivity contribution in [2.75, 3.05) is 25.4 Å². The second-order valence-corrected chi connectivity index (χ2v) is 7.67. The molecule has 1 atom stereocenters. The van der Waals surface area contributed by atoms with Crippen molar-refractivity contribution in [3.8, 4) is 0 Å². The Bertz CT molecular complexity index is 424. The van der Waals surface area contributed by atoms with E-state index < -0.39 is 10.0 Å². The van der Waals surface area contributed by atoms with Crippen LogP contribution in [0.5, 0.6) is 0 Å². The van der Waals surface area contributed by atoms with Gasteiger partial charge < -0.3 is 10.2 Å². The Balaban J connectivity index is 1.80. The maximum Gasteiger partial charge on any atom is 0.239 e. The number of piperidine rings is 2. The van der Waals surface area contributed by atoms with Gasteiger partial charge in [-0.1, -0.05) is 6.42 Å². The van der Waals surface area contributed by atoms with Gasteiger partial charge in [0.2, 0.25) is 15.9 Å². The van der Waals surface area contributed by atoms with Crippen molar-refractivity contribution in [3.05, 3.63) is 0 Å². The Morgan fingerprint density at radius 1 is 1.25 bits per heavy atom. The Morgan fingerprint density at radius 3 is 2.50 bits per heavy atom. The molecular weight excluding hydrogens is 278 g/mol. The van der Waals surface area contributed by atoms with Crippen LogP contribution in [0.25, 0.3) is 0 Å². The predicted octanol–water partition coefficient (Wildman–Crippen LogP) is 0.0588. The van der Waals surface area contributed by atoms with Crippen LogP contribution < -0.4 is 10.0 Å². The van der Waals surface area contributed by atoms with Gasteiger partial charge in [-0.05, 0) is 39.2 Å². The van der Waals surface area contributed by atoms with Crippen molar-refractivity contribution in [1.82, 2.24) is 14.9 Å². The second-order valence-electron chi connectivity index (χ2n) is 5.62. The lowest BCUT2D eigenvalue weighted by Crippen LogP contribution is -2.53. The first-order valence-corrected chi connectivity index (χ1v) is 9.19. The number of nitrogens with zero attached hydrogens (tertiary/aromatic N) is 1. The minimum absolute atomic E-state index is 0.0247. The van der Waals surface area contributed by atoms with E-state index in [9.17, 15) is 13.2 Å². The van der Waals surface area contributed by atoms with E-state index in [4.69, 9.17) is 0 Å². The lowest BCUT2D eigenvalue weighted by atomic mass is 10.0. The van der Waals surface area contributed by atoms with E-state index in [-0.39, 0.29) is 23.7 Å². The molecule has 0 radical (unpaired) electrons. The molecule has 0 unspecified atom stereocenters. The molecule has 2 heterocycles. The highest BCUT2D eigenvalue weighted by atomic mass is 32.2. The molecule has 2 aliphatic heterocycles. The van der Waals surface area contributed by atoms with E-state index in [1.54, 1.807) is 6.92 Å². The summed E-state index contributed by atoms with van der Waals surface area (Å²) in [6.07, 6.45) is 4.58. The zero-order valence-electron chi connectivity index (χ0n) is 12.1. The summed E-state index contributed by atoms with van der Waals surface area (Å²) < 4.78 is 25.8. The van der Waals surface area contributed by atoms with Gasteiger partial charge in [-0.15, -0.1) is 0 Å². The maximum atomic E-state index is 12.3. The van der Waals surface area contributed by atoms with Crippen molar-refractivity contribution < 1.29 is 13.2 Å². The minimum Gasteiger partial charge on any atom is -0.341 e. The third-order valence-corrected chi connectivity index (χ3v) is 5.59. The summed E-state index contributed by atoms with van der Waals surface area (Å²) in [6, 6.07) is -0.0593. The average molecular weight is 303 g/mol. The molecule has 2 aliphatic rings. The van der Waals surface area contributed by atoms with E-state index in [1.165, 1.54) is 0 Å². The summed E-state index contributed by atoms with van der Waals surface area (Å²) in [7, 11) is -3.14. The normalized spacial score (nSPS) is 25.6. The molecule has 7 heteroatoms. The summed E-state index contributed by atoms with van der Waals surface area (Å²) in [4.78, 5) is 14.2. The van der Waals surface area contributed by atoms with E-state index in [0.29, 0.717) is 25.9 Å². The standard InChI is InChI=1S/C13H25N3O3S/c1-2-20(18,19)15-11-6-9-16(10-7-11)13(17)12-5-3-4-8-14-12/h11-12,14-15H,2-10H2,1H3/t12-/m0/s1. The van der Waals surface area contributed by atoms with Crippen LogP contribution in [0.3, 0.4) is 0 Å². The number of rotatable bonds is 4. The Labute approximate surface area is 121 Å². The summed E-state index contributed by atoms with van der Waals surface area (Å²) in [6.45, 7) is 3.85. The van der Waals surface area contributed by atoms with Gasteiger partial charge in [0, 0.05) is 19.1 Å². The molecule has 0 spiro atoms. The van der Waals surface area contributed by atoms with Gasteiger partial charge in [-0.3, -0.25) is 4.79 Å². The molecule has 0 aromatic carbocycles. The maximum absolute atomic E-state index is 12.3. The van der Waals surface area contributed by atoms with Crippen molar-refractivity contribution >= 4 is 15.9 Å². The van der Waals surface area contributed by atoms with Crippen molar-refractivity contribution in [3.63, 3.8) is 0 Å². The minimum atomic E-state index is -3.14. The molecular formula is C13H25N3O3S. The molecule has 1 amide bonds. The average Bonchev–Trinajstić information content (AvgIpc) is 2.48. The molecule has 0 saturated carbocycles. The molecule has 116 valence electrons. The lowest BCUT2D eigenvalue weighted by molar-refractivity contribution is -0.135. The van der Waals surface area contributed by atoms with Crippen molar-refractivity contribution in [1.29, 1.82) is 0 Å². The van der Waals surface area contributed by atoms with E-state index in [1.807, 2.05) is 4.90 Å². The molecule has 20 heavy (non-hydrogen) atoms. The molecule has 6 nitrogen and oxygen atoms in total. The largest absolute Gasteiger partial charge is 0.341 e. The number of carbonyl (C=O) groups excluding carboxylic acids is 1. The van der Waals surface area contributed by atoms with Gasteiger partial charge in [0.05, 0.1) is 11.8 Å². The predicted molar refractivity (Wildman–Crippen MR) is 77.8 cm³/mol. The summed E-state index contributed by atoms with van der Waals surface area (Å²) >= 11 is 0. The Morgan fingerprint density at radius 2 is 1.95 bits per heavy atom. The van der Waals surface area contributed by atoms with Gasteiger partial charge in [-0.2, -0.15) is 0 Å². The second kappa shape index (κ2) is 6.87. The number of hydrogen-bond donors (Lipinski definition) is 2. The Kier molecular flexibility index (Phi) is 5.40. The topological polar surface area (TPSA) is 78.5 Å². The van der Waals surface area contributed by atoms with Gasteiger partial charge in [0.1, 0.15) is 0 Å². The smallest absolute Gasteiger partial charge is 0.239 e. The third kappa shape index (κ3) is 4.17. The molecule has 0 aromatic rings. The highest BCUT2D eigenvalue weighted by Gasteiger charge is 2.29. The molecule has 0 aromatic heterocycles. The fraction of sp³-hybridized carbons (Fsp3) is 0.923. The van der Waals surface area contributed by atoms with Crippen LogP contribution in [-0.4, -0.2) is 56.7 Å². The monoisotopic (exact) mass is 303 g/mol. The first kappa shape index (κ1) is 15.7. The van der Waals surface area contributed by atoms with Crippen molar-refractivity contribution in [2.24, 2.45) is 0 Å². The summed E-state index contributed by atoms with van der Waals surface area (Å²) in [5.41, 5.74) is 0. The molecule has 2 saturated heterocycles. The van der Waals surface area contributed by atoms with Crippen LogP contribution in [0.2, 0.25) is 0 Å². The first-order chi connectivity index (χ1) is 9.52. The number of likely N-dealkylation sites (tertiary alicyclic amines) is 1. The van der Waals surface area contributed by atoms with E-state index in [0.717, 1.165) is 25.8 Å². The van der Waals surface area contributed by atoms with Crippen LogP contribution in [0.4, 0.5) is 0 Å².